The molecule has 29 heavy (non-hydrogen) atoms. The van der Waals surface area contributed by atoms with Crippen molar-refractivity contribution in [2.75, 3.05) is 12.0 Å². The van der Waals surface area contributed by atoms with Crippen molar-refractivity contribution in [1.82, 2.24) is 5.32 Å². The van der Waals surface area contributed by atoms with Gasteiger partial charge in [0.2, 0.25) is 11.8 Å². The molecule has 4 rings (SSSR count). The summed E-state index contributed by atoms with van der Waals surface area (Å²) in [5.74, 6) is -3.70. The number of benzene rings is 2. The molecule has 0 radical (unpaired) electrons. The van der Waals surface area contributed by atoms with E-state index >= 15 is 0 Å². The van der Waals surface area contributed by atoms with Crippen LogP contribution in [0.2, 0.25) is 0 Å². The van der Waals surface area contributed by atoms with E-state index in [1.165, 1.54) is 31.4 Å². The van der Waals surface area contributed by atoms with Crippen molar-refractivity contribution in [3.05, 3.63) is 65.5 Å². The molecule has 4 atom stereocenters. The molecule has 0 aromatic heterocycles. The van der Waals surface area contributed by atoms with Crippen LogP contribution in [0.4, 0.5) is 10.1 Å². The largest absolute Gasteiger partial charge is 0.468 e. The number of aryl methyl sites for hydroxylation is 1. The third-order valence-corrected chi connectivity index (χ3v) is 5.88. The van der Waals surface area contributed by atoms with E-state index in [0.29, 0.717) is 0 Å². The van der Waals surface area contributed by atoms with E-state index in [1.54, 1.807) is 6.92 Å². The third-order valence-electron chi connectivity index (χ3n) is 5.88. The number of ether oxygens (including phenoxy) is 1. The number of carbonyl (C=O) groups is 3. The number of esters is 1. The van der Waals surface area contributed by atoms with Gasteiger partial charge in [-0.05, 0) is 43.7 Å². The van der Waals surface area contributed by atoms with E-state index in [9.17, 15) is 18.8 Å². The number of methoxy groups -OCH3 is 1. The summed E-state index contributed by atoms with van der Waals surface area (Å²) in [6.45, 7) is 3.52. The first-order valence-electron chi connectivity index (χ1n) is 9.34. The molecule has 2 fully saturated rings. The predicted octanol–water partition coefficient (Wildman–Crippen LogP) is 2.52. The summed E-state index contributed by atoms with van der Waals surface area (Å²) in [5.41, 5.74) is 0.732. The van der Waals surface area contributed by atoms with Gasteiger partial charge in [-0.1, -0.05) is 29.8 Å². The molecule has 0 spiro atoms. The van der Waals surface area contributed by atoms with Crippen LogP contribution in [0.5, 0.6) is 0 Å². The number of hydrogen-bond donors (Lipinski definition) is 1. The lowest BCUT2D eigenvalue weighted by Gasteiger charge is -2.28. The second-order valence-corrected chi connectivity index (χ2v) is 7.72. The van der Waals surface area contributed by atoms with Crippen molar-refractivity contribution < 1.29 is 23.5 Å². The Balaban J connectivity index is 1.83. The number of amides is 2. The highest BCUT2D eigenvalue weighted by Crippen LogP contribution is 2.50. The van der Waals surface area contributed by atoms with E-state index in [-0.39, 0.29) is 5.69 Å². The topological polar surface area (TPSA) is 75.7 Å². The quantitative estimate of drug-likeness (QED) is 0.637. The van der Waals surface area contributed by atoms with Gasteiger partial charge in [-0.3, -0.25) is 19.7 Å². The van der Waals surface area contributed by atoms with Gasteiger partial charge >= 0.3 is 5.97 Å². The highest BCUT2D eigenvalue weighted by atomic mass is 19.1. The Hall–Kier alpha value is -3.06. The predicted molar refractivity (Wildman–Crippen MR) is 103 cm³/mol. The zero-order chi connectivity index (χ0) is 20.9. The van der Waals surface area contributed by atoms with Crippen molar-refractivity contribution >= 4 is 23.5 Å². The molecule has 0 saturated carbocycles. The summed E-state index contributed by atoms with van der Waals surface area (Å²) in [5, 5.41) is 3.20. The molecule has 0 aliphatic carbocycles. The Morgan fingerprint density at radius 2 is 1.83 bits per heavy atom. The lowest BCUT2D eigenvalue weighted by Crippen LogP contribution is -2.54. The van der Waals surface area contributed by atoms with Gasteiger partial charge in [-0.15, -0.1) is 0 Å². The first-order chi connectivity index (χ1) is 13.8. The van der Waals surface area contributed by atoms with Gasteiger partial charge < -0.3 is 4.74 Å². The zero-order valence-corrected chi connectivity index (χ0v) is 16.3. The van der Waals surface area contributed by atoms with Crippen molar-refractivity contribution in [2.45, 2.75) is 25.4 Å². The number of imide groups is 1. The van der Waals surface area contributed by atoms with E-state index in [4.69, 9.17) is 4.74 Å². The molecular weight excluding hydrogens is 375 g/mol. The standard InChI is InChI=1S/C22H21FN2O4/c1-12-5-4-6-13(11-12)18-16-17(22(2,24-18)21(28)29-3)20(27)25(19(16)26)15-9-7-14(23)8-10-15/h4-11,16-18,24H,1-3H3/t16-,17-,18+,22-/m0/s1. The lowest BCUT2D eigenvalue weighted by molar-refractivity contribution is -0.151. The molecule has 2 heterocycles. The molecular formula is C22H21FN2O4. The minimum Gasteiger partial charge on any atom is -0.468 e. The highest BCUT2D eigenvalue weighted by Gasteiger charge is 2.67. The molecule has 2 amide bonds. The Labute approximate surface area is 167 Å². The number of hydrogen-bond acceptors (Lipinski definition) is 5. The molecule has 2 aliphatic rings. The van der Waals surface area contributed by atoms with Crippen LogP contribution in [0.15, 0.2) is 48.5 Å². The van der Waals surface area contributed by atoms with E-state index in [2.05, 4.69) is 5.32 Å². The zero-order valence-electron chi connectivity index (χ0n) is 16.3. The average Bonchev–Trinajstić information content (AvgIpc) is 3.16. The maximum absolute atomic E-state index is 13.4. The van der Waals surface area contributed by atoms with E-state index in [1.807, 2.05) is 31.2 Å². The van der Waals surface area contributed by atoms with Crippen molar-refractivity contribution in [3.63, 3.8) is 0 Å². The molecule has 0 unspecified atom stereocenters. The molecule has 150 valence electrons. The normalized spacial score (nSPS) is 28.6. The third kappa shape index (κ3) is 2.84. The Morgan fingerprint density at radius 1 is 1.14 bits per heavy atom. The fourth-order valence-electron chi connectivity index (χ4n) is 4.53. The summed E-state index contributed by atoms with van der Waals surface area (Å²) in [6, 6.07) is 12.2. The van der Waals surface area contributed by atoms with Crippen molar-refractivity contribution in [1.29, 1.82) is 0 Å². The summed E-state index contributed by atoms with van der Waals surface area (Å²) in [4.78, 5) is 40.4. The maximum atomic E-state index is 13.4. The molecule has 6 nitrogen and oxygen atoms in total. The van der Waals surface area contributed by atoms with Gasteiger partial charge in [-0.25, -0.2) is 9.29 Å². The van der Waals surface area contributed by atoms with Gasteiger partial charge in [0.1, 0.15) is 11.4 Å². The van der Waals surface area contributed by atoms with Gasteiger partial charge in [0.15, 0.2) is 0 Å². The smallest absolute Gasteiger partial charge is 0.326 e. The molecule has 2 saturated heterocycles. The molecule has 2 aromatic rings. The maximum Gasteiger partial charge on any atom is 0.326 e. The van der Waals surface area contributed by atoms with Crippen LogP contribution in [-0.4, -0.2) is 30.4 Å². The number of nitrogens with zero attached hydrogens (tertiary/aromatic N) is 1. The van der Waals surface area contributed by atoms with Crippen LogP contribution in [0.3, 0.4) is 0 Å². The van der Waals surface area contributed by atoms with Crippen LogP contribution in [-0.2, 0) is 19.1 Å². The summed E-state index contributed by atoms with van der Waals surface area (Å²) in [6.07, 6.45) is 0. The molecule has 7 heteroatoms. The first kappa shape index (κ1) is 19.3. The second-order valence-electron chi connectivity index (χ2n) is 7.72. The molecule has 1 N–H and O–H groups in total. The number of halogens is 1. The van der Waals surface area contributed by atoms with Gasteiger partial charge in [0.05, 0.1) is 24.6 Å². The van der Waals surface area contributed by atoms with E-state index in [0.717, 1.165) is 16.0 Å². The van der Waals surface area contributed by atoms with Crippen molar-refractivity contribution in [2.24, 2.45) is 11.8 Å². The fraction of sp³-hybridized carbons (Fsp3) is 0.318. The Morgan fingerprint density at radius 3 is 2.45 bits per heavy atom. The number of nitrogens with one attached hydrogen (secondary N) is 1. The monoisotopic (exact) mass is 396 g/mol. The van der Waals surface area contributed by atoms with Crippen LogP contribution in [0.1, 0.15) is 24.1 Å². The molecule has 2 aliphatic heterocycles. The van der Waals surface area contributed by atoms with Gasteiger partial charge in [0.25, 0.3) is 0 Å². The summed E-state index contributed by atoms with van der Waals surface area (Å²) < 4.78 is 18.3. The van der Waals surface area contributed by atoms with Gasteiger partial charge in [-0.2, -0.15) is 0 Å². The Kier molecular flexibility index (Phi) is 4.50. The average molecular weight is 396 g/mol. The Bertz CT molecular complexity index is 1010. The molecule has 0 bridgehead atoms. The van der Waals surface area contributed by atoms with E-state index < -0.39 is 47.0 Å². The van der Waals surface area contributed by atoms with Crippen LogP contribution >= 0.6 is 0 Å². The molecule has 2 aromatic carbocycles. The lowest BCUT2D eigenvalue weighted by atomic mass is 9.80. The van der Waals surface area contributed by atoms with Crippen LogP contribution in [0.25, 0.3) is 0 Å². The number of anilines is 1. The first-order valence-corrected chi connectivity index (χ1v) is 9.34. The minimum absolute atomic E-state index is 0.283. The SMILES string of the molecule is COC(=O)[C@@]1(C)N[C@H](c2cccc(C)c2)[C@H]2C(=O)N(c3ccc(F)cc3)C(=O)[C@H]21. The number of fused-ring (bicyclic) bond motifs is 1. The van der Waals surface area contributed by atoms with Gasteiger partial charge in [0, 0.05) is 6.04 Å². The van der Waals surface area contributed by atoms with Crippen molar-refractivity contribution in [3.8, 4) is 0 Å². The summed E-state index contributed by atoms with van der Waals surface area (Å²) in [7, 11) is 1.25. The number of carbonyl (C=O) groups excluding carboxylic acids is 3. The van der Waals surface area contributed by atoms with Crippen LogP contribution < -0.4 is 10.2 Å². The van der Waals surface area contributed by atoms with Crippen LogP contribution in [0, 0.1) is 24.6 Å². The second kappa shape index (κ2) is 6.77. The summed E-state index contributed by atoms with van der Waals surface area (Å²) >= 11 is 0. The number of rotatable bonds is 3. The highest BCUT2D eigenvalue weighted by molar-refractivity contribution is 6.24. The minimum atomic E-state index is -1.37. The fourth-order valence-corrected chi connectivity index (χ4v) is 4.53.